The first-order chi connectivity index (χ1) is 8.68. The van der Waals surface area contributed by atoms with Crippen LogP contribution in [0.3, 0.4) is 0 Å². The van der Waals surface area contributed by atoms with Crippen LogP contribution in [-0.4, -0.2) is 10.8 Å². The largest absolute Gasteiger partial charge is 0.289 e. The van der Waals surface area contributed by atoms with Crippen molar-refractivity contribution >= 4 is 11.4 Å². The van der Waals surface area contributed by atoms with Gasteiger partial charge in [0.25, 0.3) is 0 Å². The molecule has 18 heavy (non-hydrogen) atoms. The average molecular weight is 237 g/mol. The predicted octanol–water partition coefficient (Wildman–Crippen LogP) is 3.68. The van der Waals surface area contributed by atoms with Gasteiger partial charge >= 0.3 is 0 Å². The molecule has 0 aliphatic heterocycles. The highest BCUT2D eigenvalue weighted by Crippen LogP contribution is 2.15. The highest BCUT2D eigenvalue weighted by Gasteiger charge is 2.06. The van der Waals surface area contributed by atoms with E-state index in [0.29, 0.717) is 0 Å². The third-order valence-corrected chi connectivity index (χ3v) is 2.88. The van der Waals surface area contributed by atoms with Gasteiger partial charge < -0.3 is 0 Å². The Morgan fingerprint density at radius 1 is 1.17 bits per heavy atom. The van der Waals surface area contributed by atoms with Crippen molar-refractivity contribution in [3.63, 3.8) is 0 Å². The summed E-state index contributed by atoms with van der Waals surface area (Å²) < 4.78 is 0. The molecule has 0 saturated carbocycles. The number of carbonyl (C=O) groups is 1. The number of ketones is 1. The van der Waals surface area contributed by atoms with E-state index in [4.69, 9.17) is 0 Å². The molecule has 2 aromatic rings. The van der Waals surface area contributed by atoms with Gasteiger partial charge in [0.2, 0.25) is 0 Å². The summed E-state index contributed by atoms with van der Waals surface area (Å²) in [6.07, 6.45) is 5.15. The minimum absolute atomic E-state index is 0.0365. The number of benzene rings is 1. The van der Waals surface area contributed by atoms with E-state index >= 15 is 0 Å². The van der Waals surface area contributed by atoms with Gasteiger partial charge in [0.1, 0.15) is 0 Å². The van der Waals surface area contributed by atoms with Gasteiger partial charge in [-0.1, -0.05) is 30.3 Å². The lowest BCUT2D eigenvalue weighted by atomic mass is 10.0. The fourth-order valence-electron chi connectivity index (χ4n) is 1.80. The lowest BCUT2D eigenvalue weighted by Gasteiger charge is -2.03. The second kappa shape index (κ2) is 5.41. The highest BCUT2D eigenvalue weighted by atomic mass is 16.1. The zero-order valence-electron chi connectivity index (χ0n) is 10.6. The molecule has 0 atom stereocenters. The third kappa shape index (κ3) is 2.72. The maximum absolute atomic E-state index is 12.2. The van der Waals surface area contributed by atoms with E-state index in [2.05, 4.69) is 4.98 Å². The Bertz CT molecular complexity index is 585. The number of aromatic nitrogens is 1. The van der Waals surface area contributed by atoms with Crippen LogP contribution in [0.1, 0.15) is 28.4 Å². The minimum Gasteiger partial charge on any atom is -0.289 e. The molecule has 1 heterocycles. The van der Waals surface area contributed by atoms with E-state index in [1.807, 2.05) is 50.2 Å². The molecule has 0 aliphatic carbocycles. The Balaban J connectivity index is 2.29. The molecule has 1 aromatic heterocycles. The minimum atomic E-state index is 0.0365. The fourth-order valence-corrected chi connectivity index (χ4v) is 1.80. The number of rotatable bonds is 3. The van der Waals surface area contributed by atoms with Gasteiger partial charge in [-0.25, -0.2) is 0 Å². The summed E-state index contributed by atoms with van der Waals surface area (Å²) in [6.45, 7) is 3.87. The number of nitrogens with zero attached hydrogens (tertiary/aromatic N) is 1. The summed E-state index contributed by atoms with van der Waals surface area (Å²) >= 11 is 0. The SMILES string of the molecule is C/C(=C\C(=O)c1ccccc1C)c1cccnc1. The lowest BCUT2D eigenvalue weighted by Crippen LogP contribution is -1.98. The van der Waals surface area contributed by atoms with Crippen LogP contribution in [0.5, 0.6) is 0 Å². The molecule has 90 valence electrons. The molecule has 0 amide bonds. The summed E-state index contributed by atoms with van der Waals surface area (Å²) in [4.78, 5) is 16.2. The molecule has 2 rings (SSSR count). The molecule has 2 heteroatoms. The molecule has 0 unspecified atom stereocenters. The van der Waals surface area contributed by atoms with E-state index in [1.54, 1.807) is 18.5 Å². The van der Waals surface area contributed by atoms with Crippen molar-refractivity contribution in [3.05, 3.63) is 71.6 Å². The van der Waals surface area contributed by atoms with Crippen molar-refractivity contribution in [2.24, 2.45) is 0 Å². The first kappa shape index (κ1) is 12.2. The smallest absolute Gasteiger partial charge is 0.186 e. The zero-order valence-corrected chi connectivity index (χ0v) is 10.6. The molecule has 0 spiro atoms. The van der Waals surface area contributed by atoms with Crippen LogP contribution in [0.15, 0.2) is 54.9 Å². The van der Waals surface area contributed by atoms with Crippen molar-refractivity contribution in [1.29, 1.82) is 0 Å². The summed E-state index contributed by atoms with van der Waals surface area (Å²) in [5.74, 6) is 0.0365. The number of hydrogen-bond donors (Lipinski definition) is 0. The number of hydrogen-bond acceptors (Lipinski definition) is 2. The molecule has 0 N–H and O–H groups in total. The van der Waals surface area contributed by atoms with Gasteiger partial charge in [0.05, 0.1) is 0 Å². The first-order valence-electron chi connectivity index (χ1n) is 5.87. The Labute approximate surface area is 107 Å². The van der Waals surface area contributed by atoms with Crippen LogP contribution in [0.2, 0.25) is 0 Å². The van der Waals surface area contributed by atoms with E-state index in [-0.39, 0.29) is 5.78 Å². The maximum Gasteiger partial charge on any atom is 0.186 e. The normalized spacial score (nSPS) is 11.3. The summed E-state index contributed by atoms with van der Waals surface area (Å²) in [6, 6.07) is 11.4. The van der Waals surface area contributed by atoms with Crippen LogP contribution in [0.25, 0.3) is 5.57 Å². The summed E-state index contributed by atoms with van der Waals surface area (Å²) in [5, 5.41) is 0. The molecular formula is C16H15NO. The van der Waals surface area contributed by atoms with E-state index < -0.39 is 0 Å². The quantitative estimate of drug-likeness (QED) is 0.602. The molecule has 2 nitrogen and oxygen atoms in total. The van der Waals surface area contributed by atoms with Crippen molar-refractivity contribution in [1.82, 2.24) is 4.98 Å². The van der Waals surface area contributed by atoms with Crippen molar-refractivity contribution in [2.75, 3.05) is 0 Å². The predicted molar refractivity (Wildman–Crippen MR) is 73.4 cm³/mol. The summed E-state index contributed by atoms with van der Waals surface area (Å²) in [5.41, 5.74) is 3.65. The van der Waals surface area contributed by atoms with Crippen LogP contribution in [0, 0.1) is 6.92 Å². The standard InChI is InChI=1S/C16H15NO/c1-12-6-3-4-8-15(12)16(18)10-13(2)14-7-5-9-17-11-14/h3-11H,1-2H3/b13-10+. The number of allylic oxidation sites excluding steroid dienone is 2. The van der Waals surface area contributed by atoms with Crippen LogP contribution < -0.4 is 0 Å². The summed E-state index contributed by atoms with van der Waals surface area (Å²) in [7, 11) is 0. The average Bonchev–Trinajstić information content (AvgIpc) is 2.40. The Morgan fingerprint density at radius 3 is 2.61 bits per heavy atom. The number of pyridine rings is 1. The molecule has 0 saturated heterocycles. The van der Waals surface area contributed by atoms with Gasteiger partial charge in [-0.2, -0.15) is 0 Å². The number of carbonyl (C=O) groups excluding carboxylic acids is 1. The van der Waals surface area contributed by atoms with Gasteiger partial charge in [0.15, 0.2) is 5.78 Å². The molecule has 0 fully saturated rings. The zero-order chi connectivity index (χ0) is 13.0. The molecule has 0 bridgehead atoms. The second-order valence-electron chi connectivity index (χ2n) is 4.25. The van der Waals surface area contributed by atoms with Gasteiger partial charge in [-0.05, 0) is 42.7 Å². The van der Waals surface area contributed by atoms with Crippen LogP contribution >= 0.6 is 0 Å². The molecule has 0 aliphatic rings. The maximum atomic E-state index is 12.2. The van der Waals surface area contributed by atoms with Gasteiger partial charge in [0, 0.05) is 18.0 Å². The van der Waals surface area contributed by atoms with Crippen LogP contribution in [-0.2, 0) is 0 Å². The Morgan fingerprint density at radius 2 is 1.94 bits per heavy atom. The second-order valence-corrected chi connectivity index (χ2v) is 4.25. The van der Waals surface area contributed by atoms with Crippen molar-refractivity contribution in [3.8, 4) is 0 Å². The molecule has 1 aromatic carbocycles. The topological polar surface area (TPSA) is 30.0 Å². The Hall–Kier alpha value is -2.22. The van der Waals surface area contributed by atoms with E-state index in [1.165, 1.54) is 0 Å². The van der Waals surface area contributed by atoms with Crippen molar-refractivity contribution < 1.29 is 4.79 Å². The van der Waals surface area contributed by atoms with Crippen LogP contribution in [0.4, 0.5) is 0 Å². The lowest BCUT2D eigenvalue weighted by molar-refractivity contribution is 0.104. The van der Waals surface area contributed by atoms with Gasteiger partial charge in [-0.15, -0.1) is 0 Å². The fraction of sp³-hybridized carbons (Fsp3) is 0.125. The highest BCUT2D eigenvalue weighted by molar-refractivity contribution is 6.09. The first-order valence-corrected chi connectivity index (χ1v) is 5.87. The molecular weight excluding hydrogens is 222 g/mol. The monoisotopic (exact) mass is 237 g/mol. The Kier molecular flexibility index (Phi) is 3.68. The van der Waals surface area contributed by atoms with E-state index in [9.17, 15) is 4.79 Å². The van der Waals surface area contributed by atoms with E-state index in [0.717, 1.165) is 22.3 Å². The number of aryl methyl sites for hydroxylation is 1. The molecule has 0 radical (unpaired) electrons. The van der Waals surface area contributed by atoms with Gasteiger partial charge in [-0.3, -0.25) is 9.78 Å². The van der Waals surface area contributed by atoms with Crippen molar-refractivity contribution in [2.45, 2.75) is 13.8 Å². The third-order valence-electron chi connectivity index (χ3n) is 2.88.